The fraction of sp³-hybridized carbons (Fsp3) is 0.158. The molecule has 0 spiro atoms. The number of rotatable bonds is 3. The number of fused-ring (bicyclic) bond motifs is 1. The molecule has 0 aromatic heterocycles. The number of amides is 1. The summed E-state index contributed by atoms with van der Waals surface area (Å²) in [4.78, 5) is 25.4. The van der Waals surface area contributed by atoms with Crippen molar-refractivity contribution in [3.05, 3.63) is 71.3 Å². The molecule has 1 aliphatic rings. The lowest BCUT2D eigenvalue weighted by molar-refractivity contribution is -0.105. The number of anilines is 1. The first kappa shape index (κ1) is 15.0. The molecule has 116 valence electrons. The number of benzene rings is 2. The number of carbonyl (C=O) groups excluding carboxylic acids is 2. The van der Waals surface area contributed by atoms with Crippen molar-refractivity contribution in [2.75, 3.05) is 4.90 Å². The summed E-state index contributed by atoms with van der Waals surface area (Å²) < 4.78 is 5.43. The number of para-hydroxylation sites is 1. The first-order chi connectivity index (χ1) is 11.2. The summed E-state index contributed by atoms with van der Waals surface area (Å²) >= 11 is 0. The van der Waals surface area contributed by atoms with Crippen LogP contribution in [0, 0.1) is 0 Å². The minimum absolute atomic E-state index is 0.200. The molecule has 3 rings (SSSR count). The van der Waals surface area contributed by atoms with E-state index in [0.29, 0.717) is 5.57 Å². The van der Waals surface area contributed by atoms with Gasteiger partial charge in [0.2, 0.25) is 0 Å². The van der Waals surface area contributed by atoms with Gasteiger partial charge in [0.1, 0.15) is 12.9 Å². The maximum Gasteiger partial charge on any atom is 0.415 e. The Kier molecular flexibility index (Phi) is 4.24. The molecule has 0 fully saturated rings. The van der Waals surface area contributed by atoms with Gasteiger partial charge in [-0.25, -0.2) is 4.79 Å². The molecule has 0 aliphatic carbocycles. The zero-order valence-corrected chi connectivity index (χ0v) is 12.8. The van der Waals surface area contributed by atoms with E-state index in [9.17, 15) is 9.59 Å². The summed E-state index contributed by atoms with van der Waals surface area (Å²) in [6, 6.07) is 16.6. The van der Waals surface area contributed by atoms with E-state index in [1.54, 1.807) is 0 Å². The molecule has 1 aliphatic heterocycles. The van der Waals surface area contributed by atoms with Gasteiger partial charge in [-0.05, 0) is 30.2 Å². The van der Waals surface area contributed by atoms with Crippen LogP contribution >= 0.6 is 0 Å². The Labute approximate surface area is 135 Å². The van der Waals surface area contributed by atoms with Crippen LogP contribution in [0.1, 0.15) is 18.1 Å². The van der Waals surface area contributed by atoms with Crippen molar-refractivity contribution < 1.29 is 14.3 Å². The average Bonchev–Trinajstić information content (AvgIpc) is 2.60. The van der Waals surface area contributed by atoms with Gasteiger partial charge in [-0.15, -0.1) is 0 Å². The van der Waals surface area contributed by atoms with E-state index in [-0.39, 0.29) is 12.6 Å². The largest absolute Gasteiger partial charge is 0.444 e. The van der Waals surface area contributed by atoms with Crippen LogP contribution in [-0.2, 0) is 16.1 Å². The van der Waals surface area contributed by atoms with Crippen LogP contribution in [0.15, 0.2) is 60.2 Å². The first-order valence-corrected chi connectivity index (χ1v) is 7.46. The zero-order valence-electron chi connectivity index (χ0n) is 12.8. The summed E-state index contributed by atoms with van der Waals surface area (Å²) in [5.41, 5.74) is 3.07. The summed E-state index contributed by atoms with van der Waals surface area (Å²) in [5, 5.41) is 0. The highest BCUT2D eigenvalue weighted by Gasteiger charge is 2.30. The second kappa shape index (κ2) is 6.48. The smallest absolute Gasteiger partial charge is 0.415 e. The van der Waals surface area contributed by atoms with Crippen LogP contribution < -0.4 is 4.90 Å². The van der Waals surface area contributed by atoms with Crippen molar-refractivity contribution in [1.82, 2.24) is 0 Å². The third kappa shape index (κ3) is 3.01. The topological polar surface area (TPSA) is 46.6 Å². The molecule has 4 heteroatoms. The van der Waals surface area contributed by atoms with Crippen molar-refractivity contribution in [3.63, 3.8) is 0 Å². The molecule has 2 aromatic carbocycles. The molecule has 0 saturated carbocycles. The molecule has 2 aromatic rings. The van der Waals surface area contributed by atoms with E-state index < -0.39 is 6.09 Å². The monoisotopic (exact) mass is 307 g/mol. The number of hydrogen-bond donors (Lipinski definition) is 0. The van der Waals surface area contributed by atoms with Gasteiger partial charge in [0.15, 0.2) is 0 Å². The van der Waals surface area contributed by atoms with Crippen molar-refractivity contribution in [2.45, 2.75) is 19.6 Å². The Bertz CT molecular complexity index is 752. The van der Waals surface area contributed by atoms with Gasteiger partial charge in [0.05, 0.1) is 11.7 Å². The maximum atomic E-state index is 12.6. The lowest BCUT2D eigenvalue weighted by Crippen LogP contribution is -2.42. The fourth-order valence-electron chi connectivity index (χ4n) is 2.66. The number of aldehydes is 1. The van der Waals surface area contributed by atoms with Gasteiger partial charge in [-0.3, -0.25) is 9.69 Å². The average molecular weight is 307 g/mol. The lowest BCUT2D eigenvalue weighted by Gasteiger charge is -2.33. The molecule has 0 N–H and O–H groups in total. The quantitative estimate of drug-likeness (QED) is 0.810. The Hall–Kier alpha value is -2.88. The van der Waals surface area contributed by atoms with Gasteiger partial charge in [-0.2, -0.15) is 0 Å². The fourth-order valence-corrected chi connectivity index (χ4v) is 2.66. The molecule has 4 nitrogen and oxygen atoms in total. The summed E-state index contributed by atoms with van der Waals surface area (Å²) in [6.07, 6.45) is 2.15. The zero-order chi connectivity index (χ0) is 16.2. The second-order valence-corrected chi connectivity index (χ2v) is 5.41. The number of nitrogens with zero attached hydrogens (tertiary/aromatic N) is 1. The third-order valence-corrected chi connectivity index (χ3v) is 3.93. The van der Waals surface area contributed by atoms with Crippen LogP contribution in [0.25, 0.3) is 6.08 Å². The molecule has 0 unspecified atom stereocenters. The van der Waals surface area contributed by atoms with E-state index in [4.69, 9.17) is 4.74 Å². The van der Waals surface area contributed by atoms with Crippen LogP contribution in [0.3, 0.4) is 0 Å². The van der Waals surface area contributed by atoms with E-state index in [2.05, 4.69) is 0 Å². The van der Waals surface area contributed by atoms with Crippen molar-refractivity contribution in [1.29, 1.82) is 0 Å². The van der Waals surface area contributed by atoms with Crippen molar-refractivity contribution >= 4 is 24.1 Å². The molecule has 0 radical (unpaired) electrons. The Balaban J connectivity index is 1.84. The van der Waals surface area contributed by atoms with E-state index in [0.717, 1.165) is 23.1 Å². The minimum Gasteiger partial charge on any atom is -0.444 e. The van der Waals surface area contributed by atoms with Crippen LogP contribution in [0.4, 0.5) is 10.5 Å². The highest BCUT2D eigenvalue weighted by atomic mass is 16.6. The summed E-state index contributed by atoms with van der Waals surface area (Å²) in [7, 11) is 0. The minimum atomic E-state index is -0.457. The molecular formula is C19H17NO3. The van der Waals surface area contributed by atoms with Gasteiger partial charge in [0.25, 0.3) is 0 Å². The molecule has 1 heterocycles. The van der Waals surface area contributed by atoms with Gasteiger partial charge >= 0.3 is 6.09 Å². The second-order valence-electron chi connectivity index (χ2n) is 5.41. The number of ether oxygens (including phenoxy) is 1. The highest BCUT2D eigenvalue weighted by Crippen LogP contribution is 2.32. The molecule has 23 heavy (non-hydrogen) atoms. The number of hydrogen-bond acceptors (Lipinski definition) is 3. The van der Waals surface area contributed by atoms with Crippen LogP contribution in [-0.4, -0.2) is 18.4 Å². The predicted molar refractivity (Wildman–Crippen MR) is 89.1 cm³/mol. The molecular weight excluding hydrogens is 290 g/mol. The molecule has 1 amide bonds. The lowest BCUT2D eigenvalue weighted by atomic mass is 9.97. The van der Waals surface area contributed by atoms with Crippen molar-refractivity contribution in [3.8, 4) is 0 Å². The van der Waals surface area contributed by atoms with E-state index in [1.807, 2.05) is 67.6 Å². The van der Waals surface area contributed by atoms with E-state index >= 15 is 0 Å². The number of carbonyl (C=O) groups is 2. The van der Waals surface area contributed by atoms with E-state index in [1.165, 1.54) is 4.90 Å². The van der Waals surface area contributed by atoms with Crippen LogP contribution in [0.2, 0.25) is 0 Å². The predicted octanol–water partition coefficient (Wildman–Crippen LogP) is 3.81. The summed E-state index contributed by atoms with van der Waals surface area (Å²) in [6.45, 7) is 2.02. The SMILES string of the molecule is C[C@@H]1C(C=O)=Cc2ccccc2N1C(=O)OCc1ccccc1. The first-order valence-electron chi connectivity index (χ1n) is 7.46. The van der Waals surface area contributed by atoms with Crippen molar-refractivity contribution in [2.24, 2.45) is 0 Å². The summed E-state index contributed by atoms with van der Waals surface area (Å²) in [5.74, 6) is 0. The highest BCUT2D eigenvalue weighted by molar-refractivity contribution is 5.99. The normalized spacial score (nSPS) is 16.3. The standard InChI is InChI=1S/C19H17NO3/c1-14-17(12-21)11-16-9-5-6-10-18(16)20(14)19(22)23-13-15-7-3-2-4-8-15/h2-12,14H,13H2,1H3/t14-/m1/s1. The maximum absolute atomic E-state index is 12.6. The molecule has 0 saturated heterocycles. The Morgan fingerprint density at radius 1 is 1.13 bits per heavy atom. The van der Waals surface area contributed by atoms with Gasteiger partial charge in [0, 0.05) is 5.57 Å². The van der Waals surface area contributed by atoms with Gasteiger partial charge in [-0.1, -0.05) is 48.5 Å². The van der Waals surface area contributed by atoms with Gasteiger partial charge < -0.3 is 4.74 Å². The molecule has 1 atom stereocenters. The Morgan fingerprint density at radius 3 is 2.57 bits per heavy atom. The third-order valence-electron chi connectivity index (χ3n) is 3.93. The molecule has 0 bridgehead atoms. The Morgan fingerprint density at radius 2 is 1.83 bits per heavy atom. The van der Waals surface area contributed by atoms with Crippen LogP contribution in [0.5, 0.6) is 0 Å².